The summed E-state index contributed by atoms with van der Waals surface area (Å²) in [6, 6.07) is 6.89. The normalized spacial score (nSPS) is 20.4. The molecule has 1 aromatic rings. The van der Waals surface area contributed by atoms with Crippen LogP contribution < -0.4 is 10.2 Å². The topological polar surface area (TPSA) is 15.3 Å². The maximum Gasteiger partial charge on any atom is 0.0642 e. The molecule has 1 fully saturated rings. The summed E-state index contributed by atoms with van der Waals surface area (Å²) in [4.78, 5) is 2.45. The Morgan fingerprint density at radius 1 is 1.40 bits per heavy atom. The van der Waals surface area contributed by atoms with Crippen molar-refractivity contribution in [2.45, 2.75) is 46.1 Å². The summed E-state index contributed by atoms with van der Waals surface area (Å²) in [5.41, 5.74) is 2.47. The third-order valence-corrected chi connectivity index (χ3v) is 4.61. The Morgan fingerprint density at radius 2 is 2.20 bits per heavy atom. The Bertz CT molecular complexity index is 433. The number of anilines is 1. The van der Waals surface area contributed by atoms with Gasteiger partial charge in [0.15, 0.2) is 0 Å². The SMILES string of the molecule is CCCC1CCN(c2ccc(C(C)NCC)cc2Cl)C1. The zero-order valence-corrected chi connectivity index (χ0v) is 13.7. The van der Waals surface area contributed by atoms with E-state index in [0.29, 0.717) is 6.04 Å². The first-order valence-corrected chi connectivity index (χ1v) is 8.31. The van der Waals surface area contributed by atoms with Crippen LogP contribution in [0.1, 0.15) is 51.6 Å². The van der Waals surface area contributed by atoms with Gasteiger partial charge in [0, 0.05) is 19.1 Å². The Hall–Kier alpha value is -0.730. The van der Waals surface area contributed by atoms with Crippen molar-refractivity contribution in [1.29, 1.82) is 0 Å². The minimum absolute atomic E-state index is 0.359. The van der Waals surface area contributed by atoms with Gasteiger partial charge in [0.05, 0.1) is 10.7 Å². The molecule has 112 valence electrons. The molecule has 0 aromatic heterocycles. The highest BCUT2D eigenvalue weighted by molar-refractivity contribution is 6.33. The monoisotopic (exact) mass is 294 g/mol. The third-order valence-electron chi connectivity index (χ3n) is 4.31. The standard InChI is InChI=1S/C17H27ClN2/c1-4-6-14-9-10-20(12-14)17-8-7-15(11-16(17)18)13(3)19-5-2/h7-8,11,13-14,19H,4-6,9-10,12H2,1-3H3. The number of nitrogens with zero attached hydrogens (tertiary/aromatic N) is 1. The van der Waals surface area contributed by atoms with Gasteiger partial charge in [-0.1, -0.05) is 37.9 Å². The number of halogens is 1. The largest absolute Gasteiger partial charge is 0.370 e. The van der Waals surface area contributed by atoms with E-state index in [2.05, 4.69) is 49.2 Å². The molecule has 1 aromatic carbocycles. The second-order valence-corrected chi connectivity index (χ2v) is 6.29. The van der Waals surface area contributed by atoms with Gasteiger partial charge < -0.3 is 10.2 Å². The van der Waals surface area contributed by atoms with Crippen molar-refractivity contribution >= 4 is 17.3 Å². The van der Waals surface area contributed by atoms with E-state index in [1.54, 1.807) is 0 Å². The fraction of sp³-hybridized carbons (Fsp3) is 0.647. The summed E-state index contributed by atoms with van der Waals surface area (Å²) in [6.07, 6.45) is 3.93. The Kier molecular flexibility index (Phi) is 5.74. The van der Waals surface area contributed by atoms with Crippen molar-refractivity contribution < 1.29 is 0 Å². The quantitative estimate of drug-likeness (QED) is 0.822. The molecule has 1 aliphatic rings. The van der Waals surface area contributed by atoms with Crippen LogP contribution in [0.2, 0.25) is 5.02 Å². The van der Waals surface area contributed by atoms with Crippen molar-refractivity contribution in [3.63, 3.8) is 0 Å². The maximum atomic E-state index is 6.51. The first kappa shape index (κ1) is 15.7. The first-order chi connectivity index (χ1) is 9.65. The zero-order chi connectivity index (χ0) is 14.5. The number of benzene rings is 1. The summed E-state index contributed by atoms with van der Waals surface area (Å²) in [6.45, 7) is 9.87. The molecule has 2 atom stereocenters. The van der Waals surface area contributed by atoms with Crippen LogP contribution in [-0.2, 0) is 0 Å². The van der Waals surface area contributed by atoms with Crippen LogP contribution >= 0.6 is 11.6 Å². The first-order valence-electron chi connectivity index (χ1n) is 7.93. The second kappa shape index (κ2) is 7.33. The molecule has 1 heterocycles. The summed E-state index contributed by atoms with van der Waals surface area (Å²) in [5, 5.41) is 4.32. The lowest BCUT2D eigenvalue weighted by molar-refractivity contribution is 0.530. The van der Waals surface area contributed by atoms with Crippen LogP contribution in [0.4, 0.5) is 5.69 Å². The van der Waals surface area contributed by atoms with E-state index >= 15 is 0 Å². The number of nitrogens with one attached hydrogen (secondary N) is 1. The fourth-order valence-corrected chi connectivity index (χ4v) is 3.48. The summed E-state index contributed by atoms with van der Waals surface area (Å²) in [5.74, 6) is 0.844. The van der Waals surface area contributed by atoms with E-state index in [4.69, 9.17) is 11.6 Å². The average molecular weight is 295 g/mol. The van der Waals surface area contributed by atoms with E-state index in [1.165, 1.54) is 30.5 Å². The number of hydrogen-bond donors (Lipinski definition) is 1. The molecule has 20 heavy (non-hydrogen) atoms. The van der Waals surface area contributed by atoms with E-state index < -0.39 is 0 Å². The molecule has 0 saturated carbocycles. The molecule has 3 heteroatoms. The number of rotatable bonds is 6. The molecule has 1 N–H and O–H groups in total. The van der Waals surface area contributed by atoms with Crippen LogP contribution in [0.25, 0.3) is 0 Å². The molecule has 2 rings (SSSR count). The minimum atomic E-state index is 0.359. The van der Waals surface area contributed by atoms with Crippen molar-refractivity contribution in [3.8, 4) is 0 Å². The molecule has 2 nitrogen and oxygen atoms in total. The molecule has 0 radical (unpaired) electrons. The Balaban J connectivity index is 2.06. The summed E-state index contributed by atoms with van der Waals surface area (Å²) in [7, 11) is 0. The van der Waals surface area contributed by atoms with E-state index in [9.17, 15) is 0 Å². The average Bonchev–Trinajstić information content (AvgIpc) is 2.87. The van der Waals surface area contributed by atoms with Crippen LogP contribution in [0.3, 0.4) is 0 Å². The second-order valence-electron chi connectivity index (χ2n) is 5.88. The highest BCUT2D eigenvalue weighted by Gasteiger charge is 2.23. The molecule has 0 amide bonds. The Labute approximate surface area is 128 Å². The Morgan fingerprint density at radius 3 is 2.85 bits per heavy atom. The molecule has 1 aliphatic heterocycles. The van der Waals surface area contributed by atoms with Gasteiger partial charge in [0.25, 0.3) is 0 Å². The van der Waals surface area contributed by atoms with Gasteiger partial charge in [-0.3, -0.25) is 0 Å². The maximum absolute atomic E-state index is 6.51. The summed E-state index contributed by atoms with van der Waals surface area (Å²) < 4.78 is 0. The van der Waals surface area contributed by atoms with Gasteiger partial charge in [-0.15, -0.1) is 0 Å². The molecule has 0 aliphatic carbocycles. The molecule has 1 saturated heterocycles. The lowest BCUT2D eigenvalue weighted by atomic mass is 10.0. The zero-order valence-electron chi connectivity index (χ0n) is 13.0. The van der Waals surface area contributed by atoms with Crippen LogP contribution in [-0.4, -0.2) is 19.6 Å². The lowest BCUT2D eigenvalue weighted by Crippen LogP contribution is -2.21. The van der Waals surface area contributed by atoms with Gasteiger partial charge in [-0.05, 0) is 49.9 Å². The van der Waals surface area contributed by atoms with E-state index in [1.807, 2.05) is 0 Å². The van der Waals surface area contributed by atoms with E-state index in [-0.39, 0.29) is 0 Å². The molecule has 0 bridgehead atoms. The summed E-state index contributed by atoms with van der Waals surface area (Å²) >= 11 is 6.51. The van der Waals surface area contributed by atoms with Gasteiger partial charge in [-0.25, -0.2) is 0 Å². The highest BCUT2D eigenvalue weighted by Crippen LogP contribution is 2.33. The van der Waals surface area contributed by atoms with Gasteiger partial charge in [-0.2, -0.15) is 0 Å². The van der Waals surface area contributed by atoms with Crippen LogP contribution in [0, 0.1) is 5.92 Å². The fourth-order valence-electron chi connectivity index (χ4n) is 3.17. The lowest BCUT2D eigenvalue weighted by Gasteiger charge is -2.22. The van der Waals surface area contributed by atoms with Crippen molar-refractivity contribution in [1.82, 2.24) is 5.32 Å². The smallest absolute Gasteiger partial charge is 0.0642 e. The van der Waals surface area contributed by atoms with Gasteiger partial charge in [0.2, 0.25) is 0 Å². The van der Waals surface area contributed by atoms with Crippen molar-refractivity contribution in [2.24, 2.45) is 5.92 Å². The predicted molar refractivity (Wildman–Crippen MR) is 88.8 cm³/mol. The minimum Gasteiger partial charge on any atom is -0.370 e. The van der Waals surface area contributed by atoms with Crippen molar-refractivity contribution in [2.75, 3.05) is 24.5 Å². The highest BCUT2D eigenvalue weighted by atomic mass is 35.5. The van der Waals surface area contributed by atoms with Gasteiger partial charge in [0.1, 0.15) is 0 Å². The molecular formula is C17H27ClN2. The molecular weight excluding hydrogens is 268 g/mol. The number of hydrogen-bond acceptors (Lipinski definition) is 2. The van der Waals surface area contributed by atoms with Crippen LogP contribution in [0.5, 0.6) is 0 Å². The predicted octanol–water partition coefficient (Wildman–Crippen LogP) is 4.64. The molecule has 0 spiro atoms. The van der Waals surface area contributed by atoms with Gasteiger partial charge >= 0.3 is 0 Å². The molecule has 2 unspecified atom stereocenters. The van der Waals surface area contributed by atoms with Crippen molar-refractivity contribution in [3.05, 3.63) is 28.8 Å². The van der Waals surface area contributed by atoms with Crippen LogP contribution in [0.15, 0.2) is 18.2 Å². The van der Waals surface area contributed by atoms with E-state index in [0.717, 1.165) is 30.6 Å². The third kappa shape index (κ3) is 3.67.